The fourth-order valence-electron chi connectivity index (χ4n) is 2.01. The fourth-order valence-corrected chi connectivity index (χ4v) is 2.01. The molecule has 1 aliphatic carbocycles. The van der Waals surface area contributed by atoms with Crippen LogP contribution in [0.25, 0.3) is 0 Å². The highest BCUT2D eigenvalue weighted by atomic mass is 19.4. The largest absolute Gasteiger partial charge is 0.484 e. The quantitative estimate of drug-likeness (QED) is 0.875. The number of nitrogens with one attached hydrogen (secondary N) is 1. The van der Waals surface area contributed by atoms with E-state index in [1.165, 1.54) is 12.1 Å². The van der Waals surface area contributed by atoms with Gasteiger partial charge in [-0.2, -0.15) is 13.2 Å². The molecule has 4 nitrogen and oxygen atoms in total. The molecule has 0 saturated heterocycles. The van der Waals surface area contributed by atoms with E-state index in [0.29, 0.717) is 12.8 Å². The van der Waals surface area contributed by atoms with Crippen LogP contribution in [-0.2, 0) is 11.3 Å². The molecule has 1 saturated carbocycles. The van der Waals surface area contributed by atoms with Gasteiger partial charge in [-0.05, 0) is 37.0 Å². The first-order valence-electron chi connectivity index (χ1n) is 6.64. The Bertz CT molecular complexity index is 496. The van der Waals surface area contributed by atoms with Crippen LogP contribution in [0.3, 0.4) is 0 Å². The van der Waals surface area contributed by atoms with E-state index >= 15 is 0 Å². The van der Waals surface area contributed by atoms with Gasteiger partial charge in [0.25, 0.3) is 0 Å². The van der Waals surface area contributed by atoms with Crippen LogP contribution >= 0.6 is 0 Å². The molecular formula is C14H17F3N2O2. The highest BCUT2D eigenvalue weighted by molar-refractivity contribution is 5.86. The number of amides is 1. The molecule has 0 atom stereocenters. The van der Waals surface area contributed by atoms with E-state index in [1.807, 2.05) is 0 Å². The topological polar surface area (TPSA) is 64.4 Å². The van der Waals surface area contributed by atoms with Crippen LogP contribution < -0.4 is 15.8 Å². The van der Waals surface area contributed by atoms with Crippen molar-refractivity contribution in [3.05, 3.63) is 29.8 Å². The molecule has 1 amide bonds. The second-order valence-electron chi connectivity index (χ2n) is 5.24. The third-order valence-corrected chi connectivity index (χ3v) is 3.48. The Morgan fingerprint density at radius 2 is 1.90 bits per heavy atom. The number of alkyl halides is 3. The minimum absolute atomic E-state index is 0.136. The van der Waals surface area contributed by atoms with Crippen LogP contribution in [0.2, 0.25) is 0 Å². The summed E-state index contributed by atoms with van der Waals surface area (Å²) in [5, 5.41) is 2.73. The summed E-state index contributed by atoms with van der Waals surface area (Å²) in [5.41, 5.74) is 5.89. The van der Waals surface area contributed by atoms with Crippen molar-refractivity contribution in [1.29, 1.82) is 0 Å². The van der Waals surface area contributed by atoms with Crippen molar-refractivity contribution in [3.63, 3.8) is 0 Å². The zero-order valence-corrected chi connectivity index (χ0v) is 11.4. The Hall–Kier alpha value is -1.76. The second-order valence-corrected chi connectivity index (χ2v) is 5.24. The summed E-state index contributed by atoms with van der Waals surface area (Å²) >= 11 is 0. The summed E-state index contributed by atoms with van der Waals surface area (Å²) in [7, 11) is 0. The SMILES string of the molecule is NC1(C(=O)NCc2ccc(OCC(F)(F)F)cc2)CCC1. The van der Waals surface area contributed by atoms with Gasteiger partial charge in [0, 0.05) is 6.54 Å². The molecule has 1 aromatic rings. The number of rotatable bonds is 5. The van der Waals surface area contributed by atoms with Gasteiger partial charge in [-0.3, -0.25) is 4.79 Å². The zero-order valence-electron chi connectivity index (χ0n) is 11.4. The molecule has 21 heavy (non-hydrogen) atoms. The predicted octanol–water partition coefficient (Wildman–Crippen LogP) is 2.13. The van der Waals surface area contributed by atoms with Gasteiger partial charge in [-0.15, -0.1) is 0 Å². The third-order valence-electron chi connectivity index (χ3n) is 3.48. The smallest absolute Gasteiger partial charge is 0.422 e. The lowest BCUT2D eigenvalue weighted by Gasteiger charge is -2.36. The van der Waals surface area contributed by atoms with Crippen LogP contribution in [0.5, 0.6) is 5.75 Å². The lowest BCUT2D eigenvalue weighted by molar-refractivity contribution is -0.153. The molecule has 1 fully saturated rings. The molecule has 3 N–H and O–H groups in total. The molecule has 1 aliphatic rings. The average molecular weight is 302 g/mol. The van der Waals surface area contributed by atoms with E-state index in [-0.39, 0.29) is 18.2 Å². The summed E-state index contributed by atoms with van der Waals surface area (Å²) < 4.78 is 40.6. The lowest BCUT2D eigenvalue weighted by Crippen LogP contribution is -2.58. The molecular weight excluding hydrogens is 285 g/mol. The number of hydrogen-bond donors (Lipinski definition) is 2. The molecule has 0 aromatic heterocycles. The molecule has 0 spiro atoms. The Morgan fingerprint density at radius 1 is 1.29 bits per heavy atom. The molecule has 0 bridgehead atoms. The Morgan fingerprint density at radius 3 is 2.38 bits per heavy atom. The zero-order chi connectivity index (χ0) is 15.5. The van der Waals surface area contributed by atoms with Crippen LogP contribution in [0.1, 0.15) is 24.8 Å². The molecule has 0 heterocycles. The van der Waals surface area contributed by atoms with Gasteiger partial charge in [0.15, 0.2) is 6.61 Å². The number of carbonyl (C=O) groups excluding carboxylic acids is 1. The minimum atomic E-state index is -4.36. The number of ether oxygens (including phenoxy) is 1. The second kappa shape index (κ2) is 5.93. The number of halogens is 3. The Balaban J connectivity index is 1.81. The van der Waals surface area contributed by atoms with Gasteiger partial charge in [0.1, 0.15) is 5.75 Å². The molecule has 116 valence electrons. The van der Waals surface area contributed by atoms with Crippen molar-refractivity contribution in [2.45, 2.75) is 37.5 Å². The van der Waals surface area contributed by atoms with Crippen LogP contribution in [-0.4, -0.2) is 24.2 Å². The van der Waals surface area contributed by atoms with Crippen LogP contribution in [0, 0.1) is 0 Å². The molecule has 2 rings (SSSR count). The first kappa shape index (κ1) is 15.6. The lowest BCUT2D eigenvalue weighted by atomic mass is 9.77. The number of benzene rings is 1. The summed E-state index contributed by atoms with van der Waals surface area (Å²) in [5.74, 6) is -0.0529. The number of nitrogens with two attached hydrogens (primary N) is 1. The van der Waals surface area contributed by atoms with Gasteiger partial charge in [0.05, 0.1) is 5.54 Å². The van der Waals surface area contributed by atoms with Gasteiger partial charge < -0.3 is 15.8 Å². The summed E-state index contributed by atoms with van der Waals surface area (Å²) in [6, 6.07) is 6.09. The van der Waals surface area contributed by atoms with Crippen LogP contribution in [0.4, 0.5) is 13.2 Å². The van der Waals surface area contributed by atoms with Crippen molar-refractivity contribution in [2.75, 3.05) is 6.61 Å². The fraction of sp³-hybridized carbons (Fsp3) is 0.500. The van der Waals surface area contributed by atoms with E-state index in [0.717, 1.165) is 12.0 Å². The monoisotopic (exact) mass is 302 g/mol. The first-order chi connectivity index (χ1) is 9.78. The maximum Gasteiger partial charge on any atom is 0.422 e. The van der Waals surface area contributed by atoms with Crippen molar-refractivity contribution >= 4 is 5.91 Å². The summed E-state index contributed by atoms with van der Waals surface area (Å²) in [4.78, 5) is 11.8. The summed E-state index contributed by atoms with van der Waals surface area (Å²) in [6.07, 6.45) is -2.04. The predicted molar refractivity (Wildman–Crippen MR) is 70.6 cm³/mol. The first-order valence-corrected chi connectivity index (χ1v) is 6.64. The molecule has 0 unspecified atom stereocenters. The van der Waals surface area contributed by atoms with E-state index in [4.69, 9.17) is 5.73 Å². The molecule has 0 radical (unpaired) electrons. The minimum Gasteiger partial charge on any atom is -0.484 e. The average Bonchev–Trinajstić information content (AvgIpc) is 2.40. The molecule has 1 aromatic carbocycles. The molecule has 0 aliphatic heterocycles. The number of hydrogen-bond acceptors (Lipinski definition) is 3. The van der Waals surface area contributed by atoms with E-state index in [1.54, 1.807) is 12.1 Å². The standard InChI is InChI=1S/C14H17F3N2O2/c15-14(16,17)9-21-11-4-2-10(3-5-11)8-19-12(20)13(18)6-1-7-13/h2-5H,1,6-9,18H2,(H,19,20). The van der Waals surface area contributed by atoms with E-state index < -0.39 is 18.3 Å². The highest BCUT2D eigenvalue weighted by Gasteiger charge is 2.39. The number of carbonyl (C=O) groups is 1. The summed E-state index contributed by atoms with van der Waals surface area (Å²) in [6.45, 7) is -1.03. The highest BCUT2D eigenvalue weighted by Crippen LogP contribution is 2.29. The Kier molecular flexibility index (Phi) is 4.41. The third kappa shape index (κ3) is 4.35. The van der Waals surface area contributed by atoms with Gasteiger partial charge in [-0.1, -0.05) is 12.1 Å². The molecule has 7 heteroatoms. The van der Waals surface area contributed by atoms with Crippen molar-refractivity contribution in [2.24, 2.45) is 5.73 Å². The normalized spacial score (nSPS) is 17.0. The van der Waals surface area contributed by atoms with Gasteiger partial charge in [-0.25, -0.2) is 0 Å². The van der Waals surface area contributed by atoms with Crippen molar-refractivity contribution in [1.82, 2.24) is 5.32 Å². The maximum absolute atomic E-state index is 12.0. The van der Waals surface area contributed by atoms with E-state index in [2.05, 4.69) is 10.1 Å². The van der Waals surface area contributed by atoms with Crippen LogP contribution in [0.15, 0.2) is 24.3 Å². The Labute approximate surface area is 120 Å². The van der Waals surface area contributed by atoms with Gasteiger partial charge in [0.2, 0.25) is 5.91 Å². The maximum atomic E-state index is 12.0. The van der Waals surface area contributed by atoms with Crippen molar-refractivity contribution < 1.29 is 22.7 Å². The van der Waals surface area contributed by atoms with Crippen molar-refractivity contribution in [3.8, 4) is 5.75 Å². The van der Waals surface area contributed by atoms with E-state index in [9.17, 15) is 18.0 Å². The van der Waals surface area contributed by atoms with Gasteiger partial charge >= 0.3 is 6.18 Å².